The smallest absolute Gasteiger partial charge is 0.136 e. The van der Waals surface area contributed by atoms with E-state index in [0.717, 1.165) is 11.2 Å². The van der Waals surface area contributed by atoms with Gasteiger partial charge in [-0.2, -0.15) is 0 Å². The van der Waals surface area contributed by atoms with E-state index in [0.29, 0.717) is 0 Å². The summed E-state index contributed by atoms with van der Waals surface area (Å²) in [4.78, 5) is 2.81. The molecule has 12 aromatic rings. The predicted molar refractivity (Wildman–Crippen MR) is 415 cm³/mol. The molecule has 0 spiro atoms. The fourth-order valence-electron chi connectivity index (χ4n) is 17.2. The maximum atomic E-state index is 6.47. The number of hydrogen-bond donors (Lipinski definition) is 0. The Morgan fingerprint density at radius 2 is 0.723 bits per heavy atom. The van der Waals surface area contributed by atoms with Gasteiger partial charge in [-0.1, -0.05) is 266 Å². The summed E-state index contributed by atoms with van der Waals surface area (Å²) in [5, 5.41) is 5.00. The number of aryl methyl sites for hydroxylation is 2. The molecule has 2 aliphatic carbocycles. The van der Waals surface area contributed by atoms with Crippen LogP contribution in [-0.4, -0.2) is 0 Å². The van der Waals surface area contributed by atoms with Crippen molar-refractivity contribution in [3.63, 3.8) is 0 Å². The van der Waals surface area contributed by atoms with Crippen LogP contribution in [0.4, 0.5) is 0 Å². The van der Waals surface area contributed by atoms with Crippen LogP contribution in [0.1, 0.15) is 240 Å². The lowest BCUT2D eigenvalue weighted by atomic mass is 9.70. The van der Waals surface area contributed by atoms with Crippen molar-refractivity contribution in [3.05, 3.63) is 190 Å². The van der Waals surface area contributed by atoms with Crippen molar-refractivity contribution in [1.82, 2.24) is 0 Å². The first kappa shape index (κ1) is 64.8. The summed E-state index contributed by atoms with van der Waals surface area (Å²) in [6.07, 6.45) is 36.3. The summed E-state index contributed by atoms with van der Waals surface area (Å²) < 4.78 is 11.9. The van der Waals surface area contributed by atoms with Crippen molar-refractivity contribution in [2.45, 2.75) is 232 Å². The number of furan rings is 1. The zero-order valence-electron chi connectivity index (χ0n) is 57.4. The number of hydrogen-bond acceptors (Lipinski definition) is 4. The van der Waals surface area contributed by atoms with E-state index in [9.17, 15) is 0 Å². The van der Waals surface area contributed by atoms with Crippen molar-refractivity contribution in [2.24, 2.45) is 0 Å². The highest BCUT2D eigenvalue weighted by atomic mass is 32.1. The lowest BCUT2D eigenvalue weighted by molar-refractivity contribution is 0.398. The molecule has 0 saturated heterocycles. The molecule has 4 heterocycles. The Bertz CT molecular complexity index is 4560. The van der Waals surface area contributed by atoms with Crippen LogP contribution in [0.25, 0.3) is 118 Å². The molecule has 0 N–H and O–H groups in total. The van der Waals surface area contributed by atoms with Gasteiger partial charge in [-0.3, -0.25) is 0 Å². The van der Waals surface area contributed by atoms with Gasteiger partial charge < -0.3 is 4.42 Å². The molecule has 1 nitrogen and oxygen atoms in total. The van der Waals surface area contributed by atoms with Gasteiger partial charge in [-0.05, 0) is 202 Å². The van der Waals surface area contributed by atoms with Gasteiger partial charge in [0.2, 0.25) is 0 Å². The molecular weight excluding hydrogens is 1190 g/mol. The second-order valence-corrected chi connectivity index (χ2v) is 32.3. The molecule has 0 atom stereocenters. The zero-order chi connectivity index (χ0) is 64.2. The maximum absolute atomic E-state index is 6.47. The van der Waals surface area contributed by atoms with E-state index in [1.165, 1.54) is 297 Å². The first-order valence-corrected chi connectivity index (χ1v) is 39.6. The molecule has 4 aromatic heterocycles. The molecule has 4 heteroatoms. The average Bonchev–Trinajstić information content (AvgIpc) is 1.57. The van der Waals surface area contributed by atoms with Crippen LogP contribution in [-0.2, 0) is 10.8 Å². The fraction of sp³-hybridized carbons (Fsp3) is 0.400. The Morgan fingerprint density at radius 3 is 1.26 bits per heavy atom. The Labute approximate surface area is 574 Å². The van der Waals surface area contributed by atoms with Crippen LogP contribution in [0.2, 0.25) is 0 Å². The number of fused-ring (bicyclic) bond motifs is 13. The molecule has 14 rings (SSSR count). The van der Waals surface area contributed by atoms with Crippen LogP contribution in [0.5, 0.6) is 0 Å². The minimum atomic E-state index is -0.0721. The van der Waals surface area contributed by atoms with E-state index in [1.54, 1.807) is 22.3 Å². The van der Waals surface area contributed by atoms with E-state index in [1.807, 2.05) is 34.0 Å². The molecule has 0 unspecified atom stereocenters. The van der Waals surface area contributed by atoms with Crippen molar-refractivity contribution in [2.75, 3.05) is 0 Å². The quantitative estimate of drug-likeness (QED) is 0.0383. The molecule has 0 bridgehead atoms. The molecule has 2 aliphatic rings. The number of thiophene rings is 3. The number of rotatable bonds is 32. The third-order valence-corrected chi connectivity index (χ3v) is 25.6. The first-order valence-electron chi connectivity index (χ1n) is 37.2. The Hall–Kier alpha value is -6.56. The number of benzene rings is 8. The second-order valence-electron chi connectivity index (χ2n) is 28.8. The number of para-hydroxylation sites is 1. The monoisotopic (exact) mass is 1290 g/mol. The molecule has 8 aromatic carbocycles. The summed E-state index contributed by atoms with van der Waals surface area (Å²) in [7, 11) is 0. The summed E-state index contributed by atoms with van der Waals surface area (Å²) in [6, 6.07) is 63.8. The van der Waals surface area contributed by atoms with E-state index < -0.39 is 0 Å². The lowest BCUT2D eigenvalue weighted by Crippen LogP contribution is -2.25. The minimum Gasteiger partial charge on any atom is -0.456 e. The number of unbranched alkanes of at least 4 members (excludes halogenated alkanes) is 20. The summed E-state index contributed by atoms with van der Waals surface area (Å²) in [5.41, 5.74) is 24.6. The zero-order valence-corrected chi connectivity index (χ0v) is 59.9. The van der Waals surface area contributed by atoms with Crippen molar-refractivity contribution >= 4 is 85.5 Å². The van der Waals surface area contributed by atoms with Crippen LogP contribution in [0, 0.1) is 13.8 Å². The predicted octanol–water partition coefficient (Wildman–Crippen LogP) is 30.1. The highest BCUT2D eigenvalue weighted by Gasteiger charge is 2.44. The molecule has 0 radical (unpaired) electrons. The summed E-state index contributed by atoms with van der Waals surface area (Å²) in [6.45, 7) is 14.0. The van der Waals surface area contributed by atoms with Gasteiger partial charge in [-0.15, -0.1) is 34.0 Å². The molecule has 94 heavy (non-hydrogen) atoms. The maximum Gasteiger partial charge on any atom is 0.136 e. The van der Waals surface area contributed by atoms with Gasteiger partial charge in [0.05, 0.1) is 0 Å². The highest BCUT2D eigenvalue weighted by Crippen LogP contribution is 2.58. The summed E-state index contributed by atoms with van der Waals surface area (Å²) >= 11 is 5.81. The van der Waals surface area contributed by atoms with E-state index >= 15 is 0 Å². The second kappa shape index (κ2) is 29.0. The first-order chi connectivity index (χ1) is 46.2. The molecule has 0 fully saturated rings. The van der Waals surface area contributed by atoms with Gasteiger partial charge >= 0.3 is 0 Å². The van der Waals surface area contributed by atoms with Crippen LogP contribution in [0.3, 0.4) is 0 Å². The topological polar surface area (TPSA) is 13.1 Å². The molecule has 0 amide bonds. The van der Waals surface area contributed by atoms with E-state index in [-0.39, 0.29) is 10.8 Å². The molecular formula is C90H100OS3. The van der Waals surface area contributed by atoms with E-state index in [2.05, 4.69) is 199 Å². The Balaban J connectivity index is 0.929. The molecule has 484 valence electrons. The Morgan fingerprint density at radius 1 is 0.287 bits per heavy atom. The normalized spacial score (nSPS) is 13.7. The SMILES string of the molecule is CCCCCCCCC1(CCCCCCCC)c2cc(C)ccc2-c2ccc(-c3cc(-c4ccc5c(c4)C(CCCCCCCC)(CCCCCCCC)c4cc(-c6cc7sc(C)cc7s6)ccc4-5)cc(-c4ccc5sc6cc7oc8ccccc8c7cc6c5c4)c3)cc21. The lowest BCUT2D eigenvalue weighted by Gasteiger charge is -2.33. The standard InChI is InChI=1S/C90H100OS3/c1-7-11-15-19-23-29-45-89(46-30-24-20-16-12-8-2)78-49-61(5)35-40-70(78)71-41-36-64(55-79(71)89)68-51-67(63-39-44-84-76(54-63)77-58-75-74-33-27-28-34-82(74)91-83(75)59-86(77)93-84)52-69(53-68)65-37-42-72-73-43-38-66(85-60-88-87(94-85)50-62(6)92-88)57-81(73)90(80(72)56-65,47-31-25-21-17-13-9-3)48-32-26-22-18-14-10-4/h27-28,33-44,49-60H,7-26,29-32,45-48H2,1-6H3. The molecule has 0 aliphatic heterocycles. The van der Waals surface area contributed by atoms with Gasteiger partial charge in [0.1, 0.15) is 11.2 Å². The largest absolute Gasteiger partial charge is 0.456 e. The van der Waals surface area contributed by atoms with Gasteiger partial charge in [0, 0.05) is 60.9 Å². The highest BCUT2D eigenvalue weighted by molar-refractivity contribution is 7.29. The van der Waals surface area contributed by atoms with Gasteiger partial charge in [0.25, 0.3) is 0 Å². The minimum absolute atomic E-state index is 0.0117. The van der Waals surface area contributed by atoms with Crippen LogP contribution < -0.4 is 0 Å². The van der Waals surface area contributed by atoms with Gasteiger partial charge in [0.15, 0.2) is 0 Å². The van der Waals surface area contributed by atoms with Crippen molar-refractivity contribution in [1.29, 1.82) is 0 Å². The fourth-order valence-corrected chi connectivity index (χ4v) is 20.6. The average molecular weight is 1290 g/mol. The summed E-state index contributed by atoms with van der Waals surface area (Å²) in [5.74, 6) is 0. The van der Waals surface area contributed by atoms with Gasteiger partial charge in [-0.25, -0.2) is 0 Å². The van der Waals surface area contributed by atoms with E-state index in [4.69, 9.17) is 4.42 Å². The van der Waals surface area contributed by atoms with Crippen LogP contribution >= 0.6 is 34.0 Å². The molecule has 0 saturated carbocycles. The third kappa shape index (κ3) is 12.9. The Kier molecular flexibility index (Phi) is 20.0. The van der Waals surface area contributed by atoms with Crippen molar-refractivity contribution in [3.8, 4) is 66.1 Å². The third-order valence-electron chi connectivity index (χ3n) is 22.2. The van der Waals surface area contributed by atoms with Crippen LogP contribution in [0.15, 0.2) is 162 Å². The van der Waals surface area contributed by atoms with Crippen molar-refractivity contribution < 1.29 is 4.42 Å².